The molecule has 1 atom stereocenters. The van der Waals surface area contributed by atoms with Gasteiger partial charge >= 0.3 is 6.36 Å². The molecule has 2 rings (SSSR count). The first-order chi connectivity index (χ1) is 15.3. The average Bonchev–Trinajstić information content (AvgIpc) is 2.72. The third-order valence-electron chi connectivity index (χ3n) is 5.02. The van der Waals surface area contributed by atoms with Crippen molar-refractivity contribution < 1.29 is 37.3 Å². The zero-order chi connectivity index (χ0) is 25.1. The summed E-state index contributed by atoms with van der Waals surface area (Å²) in [5.41, 5.74) is 3.18. The molecule has 0 spiro atoms. The molecule has 2 N–H and O–H groups in total. The number of hydrogen-bond acceptors (Lipinski definition) is 5. The molecule has 0 fully saturated rings. The molecule has 0 saturated heterocycles. The molecule has 0 aliphatic heterocycles. The molecule has 1 amide bonds. The first kappa shape index (κ1) is 26.1. The maximum atomic E-state index is 13.4. The van der Waals surface area contributed by atoms with Crippen molar-refractivity contribution in [1.82, 2.24) is 4.90 Å². The van der Waals surface area contributed by atoms with Crippen LogP contribution in [0.5, 0.6) is 5.75 Å². The lowest BCUT2D eigenvalue weighted by Gasteiger charge is -2.29. The number of amides is 1. The van der Waals surface area contributed by atoms with Crippen molar-refractivity contribution in [3.63, 3.8) is 0 Å². The van der Waals surface area contributed by atoms with Gasteiger partial charge in [0.05, 0.1) is 6.61 Å². The van der Waals surface area contributed by atoms with Crippen LogP contribution >= 0.6 is 0 Å². The lowest BCUT2D eigenvalue weighted by molar-refractivity contribution is -0.274. The number of carbonyl (C=O) groups is 1. The number of carbonyl (C=O) groups excluding carboxylic acids is 1. The van der Waals surface area contributed by atoms with Crippen LogP contribution in [0.3, 0.4) is 0 Å². The van der Waals surface area contributed by atoms with Crippen LogP contribution in [0.15, 0.2) is 42.7 Å². The Morgan fingerprint density at radius 1 is 1.18 bits per heavy atom. The molecule has 0 heterocycles. The summed E-state index contributed by atoms with van der Waals surface area (Å²) < 4.78 is 54.7. The number of nitrogens with zero attached hydrogens (tertiary/aromatic N) is 2. The van der Waals surface area contributed by atoms with Gasteiger partial charge in [-0.05, 0) is 47.4 Å². The number of ether oxygens (including phenoxy) is 1. The second-order valence-corrected chi connectivity index (χ2v) is 7.70. The van der Waals surface area contributed by atoms with E-state index in [1.165, 1.54) is 31.3 Å². The Hall–Kier alpha value is -3.11. The molecule has 0 radical (unpaired) electrons. The number of anilines is 1. The van der Waals surface area contributed by atoms with Crippen LogP contribution in [-0.4, -0.2) is 55.1 Å². The van der Waals surface area contributed by atoms with Crippen LogP contribution in [0.1, 0.15) is 22.8 Å². The number of halogens is 4. The molecule has 0 aliphatic carbocycles. The summed E-state index contributed by atoms with van der Waals surface area (Å²) in [6, 6.07) is 6.91. The number of rotatable bonds is 8. The highest BCUT2D eigenvalue weighted by Gasteiger charge is 2.31. The monoisotopic (exact) mass is 470 g/mol. The van der Waals surface area contributed by atoms with E-state index in [2.05, 4.69) is 11.3 Å². The van der Waals surface area contributed by atoms with Gasteiger partial charge in [0, 0.05) is 38.9 Å². The minimum atomic E-state index is -4.82. The van der Waals surface area contributed by atoms with Crippen molar-refractivity contribution in [3.8, 4) is 16.9 Å². The minimum absolute atomic E-state index is 0.114. The van der Waals surface area contributed by atoms with Gasteiger partial charge in [0.2, 0.25) is 0 Å². The molecule has 6 nitrogen and oxygen atoms in total. The van der Waals surface area contributed by atoms with E-state index in [-0.39, 0.29) is 12.3 Å². The molecule has 0 bridgehead atoms. The lowest BCUT2D eigenvalue weighted by Crippen LogP contribution is -2.28. The van der Waals surface area contributed by atoms with Gasteiger partial charge in [0.25, 0.3) is 5.91 Å². The van der Waals surface area contributed by atoms with Gasteiger partial charge in [0.15, 0.2) is 5.83 Å². The Labute approximate surface area is 189 Å². The molecule has 0 aliphatic rings. The second kappa shape index (κ2) is 10.2. The Balaban J connectivity index is 2.68. The van der Waals surface area contributed by atoms with Crippen molar-refractivity contribution >= 4 is 11.6 Å². The fraction of sp³-hybridized carbons (Fsp3) is 0.348. The summed E-state index contributed by atoms with van der Waals surface area (Å²) in [6.45, 7) is 4.06. The predicted octanol–water partition coefficient (Wildman–Crippen LogP) is 4.09. The first-order valence-corrected chi connectivity index (χ1v) is 9.85. The molecule has 33 heavy (non-hydrogen) atoms. The summed E-state index contributed by atoms with van der Waals surface area (Å²) >= 11 is 0. The Morgan fingerprint density at radius 3 is 2.21 bits per heavy atom. The zero-order valence-electron chi connectivity index (χ0n) is 18.7. The normalized spacial score (nSPS) is 12.3. The lowest BCUT2D eigenvalue weighted by atomic mass is 9.89. The average molecular weight is 470 g/mol. The Kier molecular flexibility index (Phi) is 8.10. The van der Waals surface area contributed by atoms with E-state index in [9.17, 15) is 32.6 Å². The van der Waals surface area contributed by atoms with Crippen molar-refractivity contribution in [2.45, 2.75) is 25.9 Å². The van der Waals surface area contributed by atoms with Crippen molar-refractivity contribution in [1.29, 1.82) is 0 Å². The third kappa shape index (κ3) is 6.23. The molecule has 10 heteroatoms. The van der Waals surface area contributed by atoms with Gasteiger partial charge in [-0.1, -0.05) is 18.7 Å². The van der Waals surface area contributed by atoms with E-state index in [1.807, 2.05) is 0 Å². The molecule has 2 aromatic rings. The molecule has 2 aromatic carbocycles. The molecular formula is C23H26F4N2O4. The highest BCUT2D eigenvalue weighted by molar-refractivity contribution is 5.90. The number of hydrogen-bond donors (Lipinski definition) is 2. The van der Waals surface area contributed by atoms with Crippen LogP contribution in [0.25, 0.3) is 11.1 Å². The summed E-state index contributed by atoms with van der Waals surface area (Å²) in [4.78, 5) is 14.8. The van der Waals surface area contributed by atoms with Crippen molar-refractivity contribution in [2.24, 2.45) is 0 Å². The van der Waals surface area contributed by atoms with Crippen LogP contribution < -0.4 is 9.64 Å². The smallest absolute Gasteiger partial charge is 0.406 e. The number of aliphatic hydroxyl groups is 2. The van der Waals surface area contributed by atoms with E-state index in [0.29, 0.717) is 33.5 Å². The SMILES string of the molecule is C=C(F)C(=O)N(C)Cc1cc(-c2ccc(OC(F)(F)F)cc2)c(C)c(N(C)C)c1C(O)CO. The summed E-state index contributed by atoms with van der Waals surface area (Å²) in [5.74, 6) is -2.47. The minimum Gasteiger partial charge on any atom is -0.406 e. The van der Waals surface area contributed by atoms with E-state index in [1.54, 1.807) is 32.0 Å². The van der Waals surface area contributed by atoms with Crippen LogP contribution in [-0.2, 0) is 11.3 Å². The second-order valence-electron chi connectivity index (χ2n) is 7.70. The van der Waals surface area contributed by atoms with Crippen LogP contribution in [0.4, 0.5) is 23.2 Å². The zero-order valence-corrected chi connectivity index (χ0v) is 18.7. The topological polar surface area (TPSA) is 73.2 Å². The quantitative estimate of drug-likeness (QED) is 0.449. The van der Waals surface area contributed by atoms with E-state index < -0.39 is 30.8 Å². The number of likely N-dealkylation sites (N-methyl/N-ethyl adjacent to an activating group) is 1. The fourth-order valence-electron chi connectivity index (χ4n) is 3.68. The van der Waals surface area contributed by atoms with E-state index in [4.69, 9.17) is 0 Å². The van der Waals surface area contributed by atoms with Crippen LogP contribution in [0.2, 0.25) is 0 Å². The summed E-state index contributed by atoms with van der Waals surface area (Å²) in [7, 11) is 4.81. The Bertz CT molecular complexity index is 1020. The Morgan fingerprint density at radius 2 is 1.76 bits per heavy atom. The van der Waals surface area contributed by atoms with E-state index in [0.717, 1.165) is 4.90 Å². The molecule has 0 saturated carbocycles. The maximum absolute atomic E-state index is 13.4. The maximum Gasteiger partial charge on any atom is 0.573 e. The first-order valence-electron chi connectivity index (χ1n) is 9.85. The number of alkyl halides is 3. The van der Waals surface area contributed by atoms with Gasteiger partial charge in [-0.2, -0.15) is 0 Å². The van der Waals surface area contributed by atoms with Gasteiger partial charge in [0.1, 0.15) is 11.9 Å². The van der Waals surface area contributed by atoms with Gasteiger partial charge < -0.3 is 24.7 Å². The number of benzene rings is 2. The summed E-state index contributed by atoms with van der Waals surface area (Å²) in [6.07, 6.45) is -6.10. The largest absolute Gasteiger partial charge is 0.573 e. The van der Waals surface area contributed by atoms with Gasteiger partial charge in [-0.15, -0.1) is 13.2 Å². The molecule has 180 valence electrons. The van der Waals surface area contributed by atoms with Gasteiger partial charge in [-0.25, -0.2) is 4.39 Å². The van der Waals surface area contributed by atoms with Crippen LogP contribution in [0, 0.1) is 6.92 Å². The molecule has 1 unspecified atom stereocenters. The number of aliphatic hydroxyl groups excluding tert-OH is 2. The van der Waals surface area contributed by atoms with Gasteiger partial charge in [-0.3, -0.25) is 4.79 Å². The van der Waals surface area contributed by atoms with Crippen molar-refractivity contribution in [2.75, 3.05) is 32.6 Å². The summed E-state index contributed by atoms with van der Waals surface area (Å²) in [5, 5.41) is 20.2. The third-order valence-corrected chi connectivity index (χ3v) is 5.02. The molecule has 0 aromatic heterocycles. The highest BCUT2D eigenvalue weighted by Crippen LogP contribution is 2.39. The van der Waals surface area contributed by atoms with Crippen molar-refractivity contribution in [3.05, 3.63) is 59.4 Å². The standard InChI is InChI=1S/C23H26F4N2O4/c1-13-18(15-6-8-17(9-7-15)33-23(25,26)27)10-16(11-29(5)22(32)14(2)24)20(19(31)12-30)21(13)28(3)4/h6-10,19,30-31H,2,11-12H2,1,3-5H3. The van der Waals surface area contributed by atoms with E-state index >= 15 is 0 Å². The predicted molar refractivity (Wildman–Crippen MR) is 116 cm³/mol. The molecular weight excluding hydrogens is 444 g/mol. The highest BCUT2D eigenvalue weighted by atomic mass is 19.4. The fourth-order valence-corrected chi connectivity index (χ4v) is 3.68.